The van der Waals surface area contributed by atoms with E-state index in [-0.39, 0.29) is 17.9 Å². The summed E-state index contributed by atoms with van der Waals surface area (Å²) in [6.07, 6.45) is 2.10. The van der Waals surface area contributed by atoms with Crippen molar-refractivity contribution in [2.75, 3.05) is 18.4 Å². The molecule has 6 heteroatoms. The SMILES string of the molecule is Cc1cc(NC(=O)C(C)(C)C)sc1C(=O)N[C@H]1CCCNC1. The Balaban J connectivity index is 2.02. The molecule has 0 aromatic carbocycles. The van der Waals surface area contributed by atoms with E-state index in [1.165, 1.54) is 11.3 Å². The first kappa shape index (κ1) is 17.0. The fraction of sp³-hybridized carbons (Fsp3) is 0.625. The van der Waals surface area contributed by atoms with Gasteiger partial charge in [0.1, 0.15) is 0 Å². The van der Waals surface area contributed by atoms with E-state index >= 15 is 0 Å². The highest BCUT2D eigenvalue weighted by molar-refractivity contribution is 7.18. The van der Waals surface area contributed by atoms with Crippen LogP contribution >= 0.6 is 11.3 Å². The number of aryl methyl sites for hydroxylation is 1. The Morgan fingerprint density at radius 3 is 2.68 bits per heavy atom. The number of nitrogens with one attached hydrogen (secondary N) is 3. The summed E-state index contributed by atoms with van der Waals surface area (Å²) in [7, 11) is 0. The molecule has 3 N–H and O–H groups in total. The molecular formula is C16H25N3O2S. The van der Waals surface area contributed by atoms with Gasteiger partial charge in [-0.25, -0.2) is 0 Å². The zero-order valence-electron chi connectivity index (χ0n) is 13.7. The van der Waals surface area contributed by atoms with Crippen LogP contribution < -0.4 is 16.0 Å². The molecule has 0 radical (unpaired) electrons. The molecule has 5 nitrogen and oxygen atoms in total. The first-order chi connectivity index (χ1) is 10.3. The summed E-state index contributed by atoms with van der Waals surface area (Å²) in [5, 5.41) is 9.97. The Kier molecular flexibility index (Phi) is 5.24. The Bertz CT molecular complexity index is 554. The van der Waals surface area contributed by atoms with E-state index in [0.717, 1.165) is 36.5 Å². The molecule has 1 fully saturated rings. The fourth-order valence-corrected chi connectivity index (χ4v) is 3.27. The van der Waals surface area contributed by atoms with Crippen LogP contribution in [0.4, 0.5) is 5.00 Å². The van der Waals surface area contributed by atoms with Crippen LogP contribution in [0.5, 0.6) is 0 Å². The standard InChI is InChI=1S/C16H25N3O2S/c1-10-8-12(19-15(21)16(2,3)4)22-13(10)14(20)18-11-6-5-7-17-9-11/h8,11,17H,5-7,9H2,1-4H3,(H,18,20)(H,19,21)/t11-/m0/s1. The zero-order valence-corrected chi connectivity index (χ0v) is 14.5. The Hall–Kier alpha value is -1.40. The summed E-state index contributed by atoms with van der Waals surface area (Å²) in [6, 6.07) is 2.05. The maximum absolute atomic E-state index is 12.4. The molecule has 2 amide bonds. The predicted molar refractivity (Wildman–Crippen MR) is 90.5 cm³/mol. The number of anilines is 1. The van der Waals surface area contributed by atoms with E-state index in [4.69, 9.17) is 0 Å². The monoisotopic (exact) mass is 323 g/mol. The molecule has 2 rings (SSSR count). The highest BCUT2D eigenvalue weighted by atomic mass is 32.1. The first-order valence-corrected chi connectivity index (χ1v) is 8.52. The van der Waals surface area contributed by atoms with Crippen molar-refractivity contribution in [3.05, 3.63) is 16.5 Å². The minimum absolute atomic E-state index is 0.0443. The summed E-state index contributed by atoms with van der Waals surface area (Å²) >= 11 is 1.34. The lowest BCUT2D eigenvalue weighted by Crippen LogP contribution is -2.45. The number of carbonyl (C=O) groups is 2. The second-order valence-electron chi connectivity index (χ2n) is 6.84. The third-order valence-corrected chi connectivity index (χ3v) is 4.83. The quantitative estimate of drug-likeness (QED) is 0.800. The van der Waals surface area contributed by atoms with Crippen LogP contribution in [-0.2, 0) is 4.79 Å². The highest BCUT2D eigenvalue weighted by Gasteiger charge is 2.24. The second kappa shape index (κ2) is 6.79. The van der Waals surface area contributed by atoms with Gasteiger partial charge in [0.2, 0.25) is 5.91 Å². The predicted octanol–water partition coefficient (Wildman–Crippen LogP) is 2.52. The van der Waals surface area contributed by atoms with Gasteiger partial charge >= 0.3 is 0 Å². The van der Waals surface area contributed by atoms with Gasteiger partial charge < -0.3 is 16.0 Å². The van der Waals surface area contributed by atoms with Gasteiger partial charge in [-0.1, -0.05) is 20.8 Å². The Morgan fingerprint density at radius 1 is 1.36 bits per heavy atom. The average molecular weight is 323 g/mol. The average Bonchev–Trinajstić information content (AvgIpc) is 2.79. The topological polar surface area (TPSA) is 70.2 Å². The van der Waals surface area contributed by atoms with Gasteiger partial charge in [-0.15, -0.1) is 11.3 Å². The number of hydrogen-bond acceptors (Lipinski definition) is 4. The molecule has 1 aliphatic rings. The smallest absolute Gasteiger partial charge is 0.261 e. The Labute approximate surface area is 135 Å². The van der Waals surface area contributed by atoms with Crippen LogP contribution in [0, 0.1) is 12.3 Å². The molecule has 122 valence electrons. The van der Waals surface area contributed by atoms with Crippen molar-refractivity contribution in [1.29, 1.82) is 0 Å². The number of piperidine rings is 1. The van der Waals surface area contributed by atoms with Gasteiger partial charge in [-0.2, -0.15) is 0 Å². The van der Waals surface area contributed by atoms with Crippen molar-refractivity contribution in [1.82, 2.24) is 10.6 Å². The molecule has 1 saturated heterocycles. The molecule has 0 spiro atoms. The highest BCUT2D eigenvalue weighted by Crippen LogP contribution is 2.28. The fourth-order valence-electron chi connectivity index (χ4n) is 2.29. The molecule has 0 bridgehead atoms. The molecule has 1 aliphatic heterocycles. The van der Waals surface area contributed by atoms with Crippen LogP contribution in [0.15, 0.2) is 6.07 Å². The van der Waals surface area contributed by atoms with Crippen molar-refractivity contribution in [2.45, 2.75) is 46.6 Å². The van der Waals surface area contributed by atoms with Crippen molar-refractivity contribution < 1.29 is 9.59 Å². The van der Waals surface area contributed by atoms with E-state index in [1.807, 2.05) is 33.8 Å². The molecular weight excluding hydrogens is 298 g/mol. The van der Waals surface area contributed by atoms with Crippen LogP contribution in [0.3, 0.4) is 0 Å². The summed E-state index contributed by atoms with van der Waals surface area (Å²) < 4.78 is 0. The maximum Gasteiger partial charge on any atom is 0.261 e. The summed E-state index contributed by atoms with van der Waals surface area (Å²) in [6.45, 7) is 9.35. The molecule has 1 atom stereocenters. The summed E-state index contributed by atoms with van der Waals surface area (Å²) in [5.74, 6) is -0.0929. The van der Waals surface area contributed by atoms with E-state index in [9.17, 15) is 9.59 Å². The van der Waals surface area contributed by atoms with Gasteiger partial charge in [0, 0.05) is 18.0 Å². The normalized spacial score (nSPS) is 18.8. The lowest BCUT2D eigenvalue weighted by molar-refractivity contribution is -0.123. The van der Waals surface area contributed by atoms with Crippen molar-refractivity contribution in [3.63, 3.8) is 0 Å². The number of amides is 2. The van der Waals surface area contributed by atoms with E-state index in [0.29, 0.717) is 4.88 Å². The third-order valence-electron chi connectivity index (χ3n) is 3.67. The van der Waals surface area contributed by atoms with E-state index in [2.05, 4.69) is 16.0 Å². The third kappa shape index (κ3) is 4.30. The molecule has 22 heavy (non-hydrogen) atoms. The van der Waals surface area contributed by atoms with Crippen LogP contribution in [0.25, 0.3) is 0 Å². The van der Waals surface area contributed by atoms with E-state index in [1.54, 1.807) is 0 Å². The lowest BCUT2D eigenvalue weighted by Gasteiger charge is -2.23. The molecule has 0 unspecified atom stereocenters. The van der Waals surface area contributed by atoms with Gasteiger partial charge in [0.05, 0.1) is 9.88 Å². The van der Waals surface area contributed by atoms with Gasteiger partial charge in [-0.3, -0.25) is 9.59 Å². The lowest BCUT2D eigenvalue weighted by atomic mass is 9.96. The van der Waals surface area contributed by atoms with Crippen LogP contribution in [-0.4, -0.2) is 30.9 Å². The number of rotatable bonds is 3. The van der Waals surface area contributed by atoms with Crippen molar-refractivity contribution in [2.24, 2.45) is 5.41 Å². The zero-order chi connectivity index (χ0) is 16.3. The first-order valence-electron chi connectivity index (χ1n) is 7.71. The molecule has 0 aliphatic carbocycles. The van der Waals surface area contributed by atoms with Crippen molar-refractivity contribution >= 4 is 28.2 Å². The second-order valence-corrected chi connectivity index (χ2v) is 7.90. The van der Waals surface area contributed by atoms with E-state index < -0.39 is 5.41 Å². The van der Waals surface area contributed by atoms with Gasteiger partial charge in [0.25, 0.3) is 5.91 Å². The molecule has 0 saturated carbocycles. The van der Waals surface area contributed by atoms with Gasteiger partial charge in [-0.05, 0) is 37.9 Å². The molecule has 2 heterocycles. The maximum atomic E-state index is 12.4. The van der Waals surface area contributed by atoms with Gasteiger partial charge in [0.15, 0.2) is 0 Å². The largest absolute Gasteiger partial charge is 0.347 e. The van der Waals surface area contributed by atoms with Crippen LogP contribution in [0.1, 0.15) is 48.8 Å². The Morgan fingerprint density at radius 2 is 2.09 bits per heavy atom. The number of thiophene rings is 1. The summed E-state index contributed by atoms with van der Waals surface area (Å²) in [4.78, 5) is 25.1. The number of hydrogen-bond donors (Lipinski definition) is 3. The molecule has 1 aromatic heterocycles. The summed E-state index contributed by atoms with van der Waals surface area (Å²) in [5.41, 5.74) is 0.448. The molecule has 1 aromatic rings. The van der Waals surface area contributed by atoms with Crippen LogP contribution in [0.2, 0.25) is 0 Å². The minimum atomic E-state index is -0.450. The minimum Gasteiger partial charge on any atom is -0.347 e. The van der Waals surface area contributed by atoms with Crippen molar-refractivity contribution in [3.8, 4) is 0 Å². The number of carbonyl (C=O) groups excluding carboxylic acids is 2.